The van der Waals surface area contributed by atoms with Crippen molar-refractivity contribution in [3.63, 3.8) is 0 Å². The van der Waals surface area contributed by atoms with E-state index in [1.165, 1.54) is 0 Å². The molecule has 7 nitrogen and oxygen atoms in total. The molecule has 0 unspecified atom stereocenters. The first kappa shape index (κ1) is 23.1. The predicted octanol–water partition coefficient (Wildman–Crippen LogP) is 5.05. The molecule has 0 amide bonds. The molecule has 0 radical (unpaired) electrons. The first-order valence-electron chi connectivity index (χ1n) is 12.6. The number of allylic oxidation sites excluding steroid dienone is 3. The molecule has 2 aromatic rings. The number of nitrogens with zero attached hydrogens (tertiary/aromatic N) is 4. The van der Waals surface area contributed by atoms with E-state index in [4.69, 9.17) is 15.5 Å². The maximum atomic E-state index is 14.0. The Balaban J connectivity index is 1.72. The van der Waals surface area contributed by atoms with Crippen LogP contribution in [0.25, 0.3) is 0 Å². The van der Waals surface area contributed by atoms with E-state index in [1.54, 1.807) is 0 Å². The number of hydrogen-bond donors (Lipinski definition) is 1. The number of carbonyl (C=O) groups excluding carboxylic acids is 1. The van der Waals surface area contributed by atoms with E-state index in [2.05, 4.69) is 26.0 Å². The summed E-state index contributed by atoms with van der Waals surface area (Å²) in [6.07, 6.45) is 1.03. The van der Waals surface area contributed by atoms with Crippen molar-refractivity contribution in [3.8, 4) is 17.9 Å². The number of ketones is 1. The third-order valence-electron chi connectivity index (χ3n) is 8.07. The number of anilines is 1. The molecule has 37 heavy (non-hydrogen) atoms. The van der Waals surface area contributed by atoms with Crippen LogP contribution in [-0.4, -0.2) is 18.2 Å². The molecule has 184 valence electrons. The lowest BCUT2D eigenvalue weighted by Crippen LogP contribution is -2.56. The van der Waals surface area contributed by atoms with Crippen LogP contribution in [-0.2, 0) is 4.79 Å². The molecule has 0 fully saturated rings. The SMILES string of the molecule is CCOc1ccc(N2C3=NC(N)=C(C#N)[C@H]4c5ccccc5[C@@H](C5=C2CC(C)(C)CC5=O)[C@@]34C#N)cc1. The molecule has 4 aliphatic rings. The van der Waals surface area contributed by atoms with Gasteiger partial charge < -0.3 is 15.4 Å². The first-order valence-corrected chi connectivity index (χ1v) is 12.6. The molecule has 0 saturated carbocycles. The number of ether oxygens (including phenoxy) is 1. The minimum absolute atomic E-state index is 0.0392. The zero-order valence-electron chi connectivity index (χ0n) is 21.1. The molecule has 6 rings (SSSR count). The average Bonchev–Trinajstić information content (AvgIpc) is 3.16. The first-order chi connectivity index (χ1) is 17.8. The zero-order chi connectivity index (χ0) is 26.1. The van der Waals surface area contributed by atoms with Crippen molar-refractivity contribution in [2.45, 2.75) is 45.4 Å². The van der Waals surface area contributed by atoms with Gasteiger partial charge >= 0.3 is 0 Å². The Bertz CT molecular complexity index is 1530. The van der Waals surface area contributed by atoms with E-state index in [-0.39, 0.29) is 22.6 Å². The third kappa shape index (κ3) is 2.98. The summed E-state index contributed by atoms with van der Waals surface area (Å²) in [4.78, 5) is 20.7. The number of nitrogens with two attached hydrogens (primary N) is 1. The minimum Gasteiger partial charge on any atom is -0.494 e. The number of Topliss-reactive ketones (excluding diaryl/α,β-unsaturated/α-hetero) is 1. The van der Waals surface area contributed by atoms with E-state index < -0.39 is 17.3 Å². The van der Waals surface area contributed by atoms with Gasteiger partial charge in [-0.1, -0.05) is 38.1 Å². The molecule has 0 saturated heterocycles. The molecule has 3 atom stereocenters. The van der Waals surface area contributed by atoms with Gasteiger partial charge in [0.05, 0.1) is 24.3 Å². The summed E-state index contributed by atoms with van der Waals surface area (Å²) in [6.45, 7) is 6.66. The van der Waals surface area contributed by atoms with Crippen molar-refractivity contribution in [1.82, 2.24) is 0 Å². The Hall–Kier alpha value is -4.36. The Morgan fingerprint density at radius 3 is 2.38 bits per heavy atom. The van der Waals surface area contributed by atoms with Crippen molar-refractivity contribution < 1.29 is 9.53 Å². The lowest BCUT2D eigenvalue weighted by Gasteiger charge is -2.51. The van der Waals surface area contributed by atoms with Crippen LogP contribution in [0.4, 0.5) is 5.69 Å². The lowest BCUT2D eigenvalue weighted by atomic mass is 9.58. The van der Waals surface area contributed by atoms with Crippen molar-refractivity contribution in [3.05, 3.63) is 82.3 Å². The summed E-state index contributed by atoms with van der Waals surface area (Å²) in [5.74, 6) is 0.228. The van der Waals surface area contributed by atoms with Gasteiger partial charge in [0, 0.05) is 35.2 Å². The van der Waals surface area contributed by atoms with Gasteiger partial charge in [0.25, 0.3) is 0 Å². The number of carbonyl (C=O) groups is 1. The van der Waals surface area contributed by atoms with Crippen molar-refractivity contribution in [2.24, 2.45) is 21.6 Å². The second kappa shape index (κ2) is 7.82. The largest absolute Gasteiger partial charge is 0.494 e. The summed E-state index contributed by atoms with van der Waals surface area (Å²) in [5, 5.41) is 21.2. The fraction of sp³-hybridized carbons (Fsp3) is 0.333. The Labute approximate surface area is 216 Å². The zero-order valence-corrected chi connectivity index (χ0v) is 21.1. The van der Waals surface area contributed by atoms with Crippen LogP contribution < -0.4 is 15.4 Å². The van der Waals surface area contributed by atoms with Crippen LogP contribution in [0, 0.1) is 33.5 Å². The smallest absolute Gasteiger partial charge is 0.161 e. The molecule has 0 spiro atoms. The van der Waals surface area contributed by atoms with E-state index in [0.717, 1.165) is 28.3 Å². The fourth-order valence-corrected chi connectivity index (χ4v) is 6.76. The van der Waals surface area contributed by atoms with E-state index in [1.807, 2.05) is 60.4 Å². The number of amidine groups is 1. The molecular weight excluding hydrogens is 462 g/mol. The Morgan fingerprint density at radius 2 is 1.76 bits per heavy atom. The predicted molar refractivity (Wildman–Crippen MR) is 139 cm³/mol. The molecule has 0 aromatic heterocycles. The van der Waals surface area contributed by atoms with Crippen molar-refractivity contribution >= 4 is 17.3 Å². The Morgan fingerprint density at radius 1 is 1.08 bits per heavy atom. The van der Waals surface area contributed by atoms with Gasteiger partial charge in [0.15, 0.2) is 5.78 Å². The van der Waals surface area contributed by atoms with Gasteiger partial charge in [-0.05, 0) is 54.2 Å². The van der Waals surface area contributed by atoms with Gasteiger partial charge in [-0.3, -0.25) is 4.79 Å². The number of hydrogen-bond acceptors (Lipinski definition) is 7. The highest BCUT2D eigenvalue weighted by molar-refractivity contribution is 6.16. The van der Waals surface area contributed by atoms with Gasteiger partial charge in [-0.2, -0.15) is 10.5 Å². The molecule has 2 aromatic carbocycles. The summed E-state index contributed by atoms with van der Waals surface area (Å²) >= 11 is 0. The van der Waals surface area contributed by atoms with Crippen LogP contribution >= 0.6 is 0 Å². The standard InChI is InChI=1S/C30H27N5O2/c1-4-37-18-11-9-17(10-12-18)35-22-13-29(2,3)14-23(36)24(22)26-20-8-6-5-7-19(20)25-21(15-31)27(33)34-28(35)30(25,26)16-32/h5-12,25-26H,4,13-14,33H2,1-3H3/t25-,26+,30+/m1/s1. The number of aliphatic imine (C=N–C) groups is 1. The van der Waals surface area contributed by atoms with E-state index in [9.17, 15) is 15.3 Å². The summed E-state index contributed by atoms with van der Waals surface area (Å²) in [5.41, 5.74) is 9.21. The van der Waals surface area contributed by atoms with Gasteiger partial charge in [0.1, 0.15) is 22.8 Å². The summed E-state index contributed by atoms with van der Waals surface area (Å²) in [6, 6.07) is 20.2. The van der Waals surface area contributed by atoms with E-state index >= 15 is 0 Å². The number of benzene rings is 2. The molecule has 2 heterocycles. The average molecular weight is 490 g/mol. The lowest BCUT2D eigenvalue weighted by molar-refractivity contribution is -0.118. The third-order valence-corrected chi connectivity index (χ3v) is 8.07. The van der Waals surface area contributed by atoms with Crippen LogP contribution in [0.3, 0.4) is 0 Å². The summed E-state index contributed by atoms with van der Waals surface area (Å²) < 4.78 is 5.65. The number of fused-ring (bicyclic) bond motifs is 4. The van der Waals surface area contributed by atoms with Crippen molar-refractivity contribution in [2.75, 3.05) is 11.5 Å². The fourth-order valence-electron chi connectivity index (χ4n) is 6.76. The summed E-state index contributed by atoms with van der Waals surface area (Å²) in [7, 11) is 0. The number of rotatable bonds is 3. The van der Waals surface area contributed by atoms with E-state index in [0.29, 0.717) is 30.9 Å². The van der Waals surface area contributed by atoms with Gasteiger partial charge in [-0.15, -0.1) is 0 Å². The monoisotopic (exact) mass is 489 g/mol. The normalized spacial score (nSPS) is 27.0. The number of nitriles is 2. The molecule has 7 heteroatoms. The second-order valence-electron chi connectivity index (χ2n) is 10.9. The Kier molecular flexibility index (Phi) is 4.87. The topological polar surface area (TPSA) is 115 Å². The highest BCUT2D eigenvalue weighted by Gasteiger charge is 2.67. The highest BCUT2D eigenvalue weighted by Crippen LogP contribution is 2.67. The molecule has 2 N–H and O–H groups in total. The minimum atomic E-state index is -1.27. The van der Waals surface area contributed by atoms with Gasteiger partial charge in [0.2, 0.25) is 0 Å². The maximum Gasteiger partial charge on any atom is 0.161 e. The quantitative estimate of drug-likeness (QED) is 0.645. The van der Waals surface area contributed by atoms with Crippen LogP contribution in [0.5, 0.6) is 5.75 Å². The van der Waals surface area contributed by atoms with Crippen LogP contribution in [0.2, 0.25) is 0 Å². The van der Waals surface area contributed by atoms with Crippen LogP contribution in [0.15, 0.2) is 76.2 Å². The van der Waals surface area contributed by atoms with Crippen LogP contribution in [0.1, 0.15) is 56.6 Å². The molecular formula is C30H27N5O2. The van der Waals surface area contributed by atoms with Gasteiger partial charge in [-0.25, -0.2) is 4.99 Å². The highest BCUT2D eigenvalue weighted by atomic mass is 16.5. The molecule has 2 aliphatic heterocycles. The molecule has 0 bridgehead atoms. The maximum absolute atomic E-state index is 14.0. The second-order valence-corrected chi connectivity index (χ2v) is 10.9. The molecule has 2 aliphatic carbocycles. The van der Waals surface area contributed by atoms with Crippen molar-refractivity contribution in [1.29, 1.82) is 10.5 Å².